The first kappa shape index (κ1) is 21.1. The van der Waals surface area contributed by atoms with Gasteiger partial charge in [0.05, 0.1) is 33.6 Å². The number of thioether (sulfide) groups is 1. The third-order valence-electron chi connectivity index (χ3n) is 4.35. The minimum Gasteiger partial charge on any atom is -0.493 e. The molecule has 0 atom stereocenters. The Morgan fingerprint density at radius 3 is 2.55 bits per heavy atom. The van der Waals surface area contributed by atoms with Crippen LogP contribution in [0.2, 0.25) is 0 Å². The van der Waals surface area contributed by atoms with Crippen LogP contribution >= 0.6 is 23.1 Å². The molecule has 0 radical (unpaired) electrons. The van der Waals surface area contributed by atoms with Gasteiger partial charge in [-0.05, 0) is 34.0 Å². The van der Waals surface area contributed by atoms with Crippen molar-refractivity contribution in [2.24, 2.45) is 0 Å². The van der Waals surface area contributed by atoms with Gasteiger partial charge in [-0.3, -0.25) is 0 Å². The fraction of sp³-hybridized carbons (Fsp3) is 0.316. The number of benzene rings is 1. The maximum absolute atomic E-state index is 5.83. The molecule has 0 amide bonds. The number of thiophene rings is 1. The molecule has 0 aliphatic rings. The molecule has 0 aliphatic carbocycles. The zero-order valence-corrected chi connectivity index (χ0v) is 18.8. The van der Waals surface area contributed by atoms with Crippen molar-refractivity contribution in [1.82, 2.24) is 30.4 Å². The maximum atomic E-state index is 5.83. The first-order valence-corrected chi connectivity index (χ1v) is 11.1. The molecule has 31 heavy (non-hydrogen) atoms. The van der Waals surface area contributed by atoms with E-state index in [1.165, 1.54) is 16.6 Å². The number of ether oxygens (including phenoxy) is 3. The maximum Gasteiger partial charge on any atom is 0.248 e. The number of hydrogen-bond donors (Lipinski definition) is 0. The Kier molecular flexibility index (Phi) is 6.67. The molecule has 0 unspecified atom stereocenters. The van der Waals surface area contributed by atoms with Gasteiger partial charge in [0.15, 0.2) is 11.5 Å². The van der Waals surface area contributed by atoms with Crippen molar-refractivity contribution in [3.05, 3.63) is 40.4 Å². The Hall–Kier alpha value is -3.12. The van der Waals surface area contributed by atoms with Crippen LogP contribution in [0, 0.1) is 0 Å². The van der Waals surface area contributed by atoms with Crippen LogP contribution < -0.4 is 14.2 Å². The fourth-order valence-electron chi connectivity index (χ4n) is 2.87. The van der Waals surface area contributed by atoms with Gasteiger partial charge < -0.3 is 18.6 Å². The lowest BCUT2D eigenvalue weighted by molar-refractivity contribution is 0.324. The van der Waals surface area contributed by atoms with Crippen LogP contribution in [0.15, 0.2) is 39.2 Å². The monoisotopic (exact) mass is 460 g/mol. The van der Waals surface area contributed by atoms with Gasteiger partial charge in [-0.15, -0.1) is 26.6 Å². The number of aromatic nitrogens is 6. The molecule has 0 saturated heterocycles. The van der Waals surface area contributed by atoms with Crippen LogP contribution in [-0.4, -0.2) is 51.7 Å². The molecular weight excluding hydrogens is 440 g/mol. The number of tetrazole rings is 1. The number of hydrogen-bond acceptors (Lipinski definition) is 11. The average Bonchev–Trinajstić information content (AvgIpc) is 3.57. The van der Waals surface area contributed by atoms with Gasteiger partial charge in [0, 0.05) is 16.9 Å². The minimum absolute atomic E-state index is 0.354. The summed E-state index contributed by atoms with van der Waals surface area (Å²) in [7, 11) is 4.66. The molecule has 3 heterocycles. The third kappa shape index (κ3) is 4.80. The van der Waals surface area contributed by atoms with Gasteiger partial charge in [-0.2, -0.15) is 0 Å². The normalized spacial score (nSPS) is 10.9. The number of rotatable bonds is 10. The SMILES string of the molecule is COc1cc(-c2nnc(CSc3nnnn3CCc3cccs3)o2)cc(OC)c1OC. The van der Waals surface area contributed by atoms with Crippen molar-refractivity contribution in [2.75, 3.05) is 21.3 Å². The van der Waals surface area contributed by atoms with Gasteiger partial charge in [0.25, 0.3) is 0 Å². The Labute approximate surface area is 186 Å². The highest BCUT2D eigenvalue weighted by molar-refractivity contribution is 7.98. The van der Waals surface area contributed by atoms with Crippen LogP contribution in [0.1, 0.15) is 10.8 Å². The van der Waals surface area contributed by atoms with Gasteiger partial charge in [0.1, 0.15) is 0 Å². The molecule has 1 aromatic carbocycles. The van der Waals surface area contributed by atoms with Gasteiger partial charge in [-0.25, -0.2) is 4.68 Å². The minimum atomic E-state index is 0.354. The Morgan fingerprint density at radius 1 is 1.06 bits per heavy atom. The van der Waals surface area contributed by atoms with E-state index in [0.717, 1.165) is 6.42 Å². The smallest absolute Gasteiger partial charge is 0.248 e. The van der Waals surface area contributed by atoms with Crippen molar-refractivity contribution < 1.29 is 18.6 Å². The summed E-state index contributed by atoms with van der Waals surface area (Å²) in [6, 6.07) is 7.66. The molecule has 4 rings (SSSR count). The van der Waals surface area contributed by atoms with E-state index in [2.05, 4.69) is 37.2 Å². The van der Waals surface area contributed by atoms with Crippen LogP contribution in [0.4, 0.5) is 0 Å². The lowest BCUT2D eigenvalue weighted by atomic mass is 10.2. The molecule has 0 saturated carbocycles. The fourth-order valence-corrected chi connectivity index (χ4v) is 4.31. The Morgan fingerprint density at radius 2 is 1.87 bits per heavy atom. The van der Waals surface area contributed by atoms with E-state index >= 15 is 0 Å². The lowest BCUT2D eigenvalue weighted by Gasteiger charge is -2.12. The standard InChI is InChI=1S/C19H20N6O4S2/c1-26-14-9-12(10-15(27-2)17(14)28-3)18-21-20-16(29-18)11-31-19-22-23-24-25(19)7-6-13-5-4-8-30-13/h4-5,8-10H,6-7,11H2,1-3H3. The van der Waals surface area contributed by atoms with E-state index < -0.39 is 0 Å². The predicted octanol–water partition coefficient (Wildman–Crippen LogP) is 3.35. The molecule has 0 fully saturated rings. The van der Waals surface area contributed by atoms with E-state index in [1.54, 1.807) is 49.5 Å². The molecule has 12 heteroatoms. The van der Waals surface area contributed by atoms with E-state index in [1.807, 2.05) is 6.07 Å². The molecule has 10 nitrogen and oxygen atoms in total. The first-order valence-electron chi connectivity index (χ1n) is 9.26. The molecule has 0 N–H and O–H groups in total. The predicted molar refractivity (Wildman–Crippen MR) is 115 cm³/mol. The van der Waals surface area contributed by atoms with Crippen molar-refractivity contribution in [1.29, 1.82) is 0 Å². The molecule has 3 aromatic heterocycles. The highest BCUT2D eigenvalue weighted by atomic mass is 32.2. The molecule has 0 bridgehead atoms. The Bertz CT molecular complexity index is 1100. The third-order valence-corrected chi connectivity index (χ3v) is 6.23. The van der Waals surface area contributed by atoms with Crippen molar-refractivity contribution in [3.8, 4) is 28.7 Å². The van der Waals surface area contributed by atoms with Crippen LogP contribution in [0.25, 0.3) is 11.5 Å². The average molecular weight is 461 g/mol. The van der Waals surface area contributed by atoms with Gasteiger partial charge in [-0.1, -0.05) is 17.8 Å². The summed E-state index contributed by atoms with van der Waals surface area (Å²) in [5, 5.41) is 23.0. The second-order valence-electron chi connectivity index (χ2n) is 6.22. The summed E-state index contributed by atoms with van der Waals surface area (Å²) in [4.78, 5) is 1.29. The van der Waals surface area contributed by atoms with Crippen molar-refractivity contribution >= 4 is 23.1 Å². The first-order chi connectivity index (χ1) is 15.2. The van der Waals surface area contributed by atoms with Gasteiger partial charge >= 0.3 is 0 Å². The van der Waals surface area contributed by atoms with E-state index in [-0.39, 0.29) is 0 Å². The summed E-state index contributed by atoms with van der Waals surface area (Å²) < 4.78 is 23.7. The molecular formula is C19H20N6O4S2. The molecule has 4 aromatic rings. The summed E-state index contributed by atoms with van der Waals surface area (Å²) in [5.74, 6) is 2.77. The number of aryl methyl sites for hydroxylation is 2. The topological polar surface area (TPSA) is 110 Å². The number of methoxy groups -OCH3 is 3. The lowest BCUT2D eigenvalue weighted by Crippen LogP contribution is -2.04. The quantitative estimate of drug-likeness (QED) is 0.327. The zero-order valence-electron chi connectivity index (χ0n) is 17.1. The second-order valence-corrected chi connectivity index (χ2v) is 8.19. The second kappa shape index (κ2) is 9.79. The van der Waals surface area contributed by atoms with Crippen LogP contribution in [-0.2, 0) is 18.7 Å². The van der Waals surface area contributed by atoms with Gasteiger partial charge in [0.2, 0.25) is 22.7 Å². The summed E-state index contributed by atoms with van der Waals surface area (Å²) in [5.41, 5.74) is 0.666. The summed E-state index contributed by atoms with van der Waals surface area (Å²) in [6.07, 6.45) is 0.877. The van der Waals surface area contributed by atoms with Crippen molar-refractivity contribution in [2.45, 2.75) is 23.9 Å². The van der Waals surface area contributed by atoms with Crippen LogP contribution in [0.3, 0.4) is 0 Å². The number of nitrogens with zero attached hydrogens (tertiary/aromatic N) is 6. The Balaban J connectivity index is 1.44. The summed E-state index contributed by atoms with van der Waals surface area (Å²) in [6.45, 7) is 0.705. The molecule has 162 valence electrons. The highest BCUT2D eigenvalue weighted by Crippen LogP contribution is 2.41. The molecule has 0 aliphatic heterocycles. The zero-order chi connectivity index (χ0) is 21.6. The van der Waals surface area contributed by atoms with Crippen molar-refractivity contribution in [3.63, 3.8) is 0 Å². The highest BCUT2D eigenvalue weighted by Gasteiger charge is 2.18. The van der Waals surface area contributed by atoms with E-state index in [9.17, 15) is 0 Å². The molecule has 0 spiro atoms. The van der Waals surface area contributed by atoms with Crippen LogP contribution in [0.5, 0.6) is 17.2 Å². The largest absolute Gasteiger partial charge is 0.493 e. The van der Waals surface area contributed by atoms with E-state index in [4.69, 9.17) is 18.6 Å². The van der Waals surface area contributed by atoms with E-state index in [0.29, 0.717) is 52.0 Å². The summed E-state index contributed by atoms with van der Waals surface area (Å²) >= 11 is 3.16.